The smallest absolute Gasteiger partial charge is 0.274 e. The Morgan fingerprint density at radius 3 is 2.64 bits per heavy atom. The van der Waals surface area contributed by atoms with Crippen molar-refractivity contribution in [2.24, 2.45) is 5.92 Å². The number of ether oxygens (including phenoxy) is 1. The Bertz CT molecular complexity index is 911. The molecule has 0 bridgehead atoms. The van der Waals surface area contributed by atoms with Crippen LogP contribution in [0.3, 0.4) is 0 Å². The molecule has 2 amide bonds. The first-order valence-corrected chi connectivity index (χ1v) is 8.98. The number of amides is 2. The second-order valence-electron chi connectivity index (χ2n) is 6.53. The van der Waals surface area contributed by atoms with Gasteiger partial charge in [0.1, 0.15) is 5.75 Å². The van der Waals surface area contributed by atoms with Crippen LogP contribution in [0.25, 0.3) is 0 Å². The molecule has 1 fully saturated rings. The van der Waals surface area contributed by atoms with Crippen LogP contribution in [0.4, 0.5) is 17.1 Å². The third kappa shape index (κ3) is 3.95. The number of hydrogen-bond acceptors (Lipinski definition) is 5. The molecule has 8 nitrogen and oxygen atoms in total. The molecule has 1 aliphatic heterocycles. The van der Waals surface area contributed by atoms with Crippen LogP contribution in [0.5, 0.6) is 5.75 Å². The first kappa shape index (κ1) is 19.3. The van der Waals surface area contributed by atoms with Gasteiger partial charge in [-0.1, -0.05) is 6.07 Å². The number of rotatable bonds is 6. The molecule has 0 radical (unpaired) electrons. The molecule has 1 heterocycles. The van der Waals surface area contributed by atoms with E-state index in [1.165, 1.54) is 12.1 Å². The Morgan fingerprint density at radius 2 is 2.00 bits per heavy atom. The second-order valence-corrected chi connectivity index (χ2v) is 6.53. The number of benzene rings is 2. The predicted molar refractivity (Wildman–Crippen MR) is 105 cm³/mol. The molecule has 2 aromatic rings. The topological polar surface area (TPSA) is 102 Å². The van der Waals surface area contributed by atoms with Gasteiger partial charge in [-0.2, -0.15) is 0 Å². The molecule has 2 aromatic carbocycles. The van der Waals surface area contributed by atoms with Crippen LogP contribution in [0.15, 0.2) is 42.5 Å². The molecule has 28 heavy (non-hydrogen) atoms. The van der Waals surface area contributed by atoms with E-state index in [0.29, 0.717) is 29.3 Å². The van der Waals surface area contributed by atoms with E-state index in [4.69, 9.17) is 4.74 Å². The van der Waals surface area contributed by atoms with E-state index < -0.39 is 10.8 Å². The molecule has 1 aliphatic rings. The summed E-state index contributed by atoms with van der Waals surface area (Å²) in [5.74, 6) is -0.281. The largest absolute Gasteiger partial charge is 0.494 e. The molecule has 0 saturated carbocycles. The monoisotopic (exact) mass is 383 g/mol. The summed E-state index contributed by atoms with van der Waals surface area (Å²) in [6.07, 6.45) is 0.0903. The lowest BCUT2D eigenvalue weighted by Gasteiger charge is -2.17. The highest BCUT2D eigenvalue weighted by Crippen LogP contribution is 2.29. The Hall–Kier alpha value is -3.42. The lowest BCUT2D eigenvalue weighted by atomic mass is 10.1. The van der Waals surface area contributed by atoms with Crippen molar-refractivity contribution in [2.45, 2.75) is 20.3 Å². The number of nitrogens with one attached hydrogen (secondary N) is 1. The second kappa shape index (κ2) is 8.08. The fraction of sp³-hybridized carbons (Fsp3) is 0.300. The molecule has 0 aliphatic carbocycles. The molecular weight excluding hydrogens is 362 g/mol. The zero-order valence-electron chi connectivity index (χ0n) is 15.7. The van der Waals surface area contributed by atoms with Crippen molar-refractivity contribution in [2.75, 3.05) is 23.4 Å². The van der Waals surface area contributed by atoms with E-state index in [9.17, 15) is 19.7 Å². The number of anilines is 2. The quantitative estimate of drug-likeness (QED) is 0.609. The minimum Gasteiger partial charge on any atom is -0.494 e. The highest BCUT2D eigenvalue weighted by Gasteiger charge is 2.35. The van der Waals surface area contributed by atoms with E-state index in [-0.39, 0.29) is 30.5 Å². The lowest BCUT2D eigenvalue weighted by Crippen LogP contribution is -2.28. The zero-order valence-corrected chi connectivity index (χ0v) is 15.7. The minimum absolute atomic E-state index is 0.0590. The van der Waals surface area contributed by atoms with E-state index >= 15 is 0 Å². The third-order valence-electron chi connectivity index (χ3n) is 4.71. The minimum atomic E-state index is -0.530. The highest BCUT2D eigenvalue weighted by molar-refractivity contribution is 6.03. The van der Waals surface area contributed by atoms with Crippen molar-refractivity contribution >= 4 is 28.9 Å². The molecule has 1 saturated heterocycles. The first-order chi connectivity index (χ1) is 13.4. The average Bonchev–Trinajstić information content (AvgIpc) is 3.06. The van der Waals surface area contributed by atoms with Gasteiger partial charge in [-0.05, 0) is 44.2 Å². The van der Waals surface area contributed by atoms with E-state index in [0.717, 1.165) is 0 Å². The Kier molecular flexibility index (Phi) is 5.58. The molecule has 0 spiro atoms. The molecular formula is C20H21N3O5. The third-order valence-corrected chi connectivity index (χ3v) is 4.71. The maximum Gasteiger partial charge on any atom is 0.274 e. The van der Waals surface area contributed by atoms with Gasteiger partial charge < -0.3 is 15.0 Å². The number of nitro benzene ring substituents is 1. The summed E-state index contributed by atoms with van der Waals surface area (Å²) >= 11 is 0. The van der Waals surface area contributed by atoms with Gasteiger partial charge in [0, 0.05) is 24.7 Å². The van der Waals surface area contributed by atoms with Gasteiger partial charge >= 0.3 is 0 Å². The van der Waals surface area contributed by atoms with Crippen molar-refractivity contribution in [1.29, 1.82) is 0 Å². The lowest BCUT2D eigenvalue weighted by molar-refractivity contribution is -0.385. The normalized spacial score (nSPS) is 16.1. The van der Waals surface area contributed by atoms with Crippen LogP contribution in [0, 0.1) is 23.0 Å². The van der Waals surface area contributed by atoms with E-state index in [1.54, 1.807) is 42.2 Å². The van der Waals surface area contributed by atoms with Gasteiger partial charge in [0.2, 0.25) is 11.8 Å². The average molecular weight is 383 g/mol. The summed E-state index contributed by atoms with van der Waals surface area (Å²) in [5.41, 5.74) is 1.41. The summed E-state index contributed by atoms with van der Waals surface area (Å²) in [7, 11) is 0. The van der Waals surface area contributed by atoms with Crippen molar-refractivity contribution in [3.63, 3.8) is 0 Å². The summed E-state index contributed by atoms with van der Waals surface area (Å²) in [6, 6.07) is 11.7. The summed E-state index contributed by atoms with van der Waals surface area (Å²) in [4.78, 5) is 37.2. The Balaban J connectivity index is 1.70. The van der Waals surface area contributed by atoms with Crippen molar-refractivity contribution in [3.05, 3.63) is 58.1 Å². The van der Waals surface area contributed by atoms with Crippen molar-refractivity contribution in [3.8, 4) is 5.75 Å². The van der Waals surface area contributed by atoms with E-state index in [1.807, 2.05) is 6.92 Å². The van der Waals surface area contributed by atoms with Crippen LogP contribution >= 0.6 is 0 Å². The van der Waals surface area contributed by atoms with Gasteiger partial charge in [0.05, 0.1) is 28.7 Å². The number of carbonyl (C=O) groups is 2. The molecule has 8 heteroatoms. The summed E-state index contributed by atoms with van der Waals surface area (Å²) in [6.45, 7) is 4.29. The SMILES string of the molecule is CCOc1ccc(N2C[C@@H](C(=O)Nc3cccc([N+](=O)[O-])c3C)CC2=O)cc1. The molecule has 3 rings (SSSR count). The molecule has 1 N–H and O–H groups in total. The van der Waals surface area contributed by atoms with Crippen molar-refractivity contribution in [1.82, 2.24) is 0 Å². The van der Waals surface area contributed by atoms with Gasteiger partial charge in [-0.15, -0.1) is 0 Å². The number of carbonyl (C=O) groups excluding carboxylic acids is 2. The summed E-state index contributed by atoms with van der Waals surface area (Å²) < 4.78 is 5.40. The zero-order chi connectivity index (χ0) is 20.3. The first-order valence-electron chi connectivity index (χ1n) is 8.98. The Morgan fingerprint density at radius 1 is 1.29 bits per heavy atom. The predicted octanol–water partition coefficient (Wildman–Crippen LogP) is 3.29. The summed E-state index contributed by atoms with van der Waals surface area (Å²) in [5, 5.41) is 13.8. The number of nitro groups is 1. The number of nitrogens with zero attached hydrogens (tertiary/aromatic N) is 2. The van der Waals surface area contributed by atoms with E-state index in [2.05, 4.69) is 5.32 Å². The number of hydrogen-bond donors (Lipinski definition) is 1. The molecule has 146 valence electrons. The van der Waals surface area contributed by atoms with Crippen molar-refractivity contribution < 1.29 is 19.2 Å². The highest BCUT2D eigenvalue weighted by atomic mass is 16.6. The molecule has 0 unspecified atom stereocenters. The maximum absolute atomic E-state index is 12.6. The Labute approximate surface area is 162 Å². The van der Waals surface area contributed by atoms with Gasteiger partial charge in [-0.25, -0.2) is 0 Å². The van der Waals surface area contributed by atoms with Gasteiger partial charge in [0.15, 0.2) is 0 Å². The van der Waals surface area contributed by atoms with Crippen LogP contribution in [-0.2, 0) is 9.59 Å². The van der Waals surface area contributed by atoms with Crippen LogP contribution in [0.2, 0.25) is 0 Å². The maximum atomic E-state index is 12.6. The van der Waals surface area contributed by atoms with Crippen LogP contribution in [-0.4, -0.2) is 29.9 Å². The molecule has 0 aromatic heterocycles. The molecule has 1 atom stereocenters. The van der Waals surface area contributed by atoms with Crippen LogP contribution in [0.1, 0.15) is 18.9 Å². The van der Waals surface area contributed by atoms with Gasteiger partial charge in [0.25, 0.3) is 5.69 Å². The fourth-order valence-corrected chi connectivity index (χ4v) is 3.21. The standard InChI is InChI=1S/C20H21N3O5/c1-3-28-16-9-7-15(8-10-16)22-12-14(11-19(22)24)20(25)21-17-5-4-6-18(13(17)2)23(26)27/h4-10,14H,3,11-12H2,1-2H3,(H,21,25)/t14-/m0/s1. The van der Waals surface area contributed by atoms with Gasteiger partial charge in [-0.3, -0.25) is 19.7 Å². The fourth-order valence-electron chi connectivity index (χ4n) is 3.21. The van der Waals surface area contributed by atoms with Crippen LogP contribution < -0.4 is 15.0 Å².